The normalized spacial score (nSPS) is 14.4. The van der Waals surface area contributed by atoms with Crippen molar-refractivity contribution in [2.75, 3.05) is 26.4 Å². The number of allylic oxidation sites excluding steroid dienone is 14. The van der Waals surface area contributed by atoms with E-state index in [1.54, 1.807) is 0 Å². The number of rotatable bonds is 48. The molecule has 0 amide bonds. The van der Waals surface area contributed by atoms with Crippen molar-refractivity contribution >= 4 is 19.8 Å². The summed E-state index contributed by atoms with van der Waals surface area (Å²) in [6, 6.07) is -1.48. The van der Waals surface area contributed by atoms with Gasteiger partial charge in [0.15, 0.2) is 0 Å². The summed E-state index contributed by atoms with van der Waals surface area (Å²) in [5.74, 6) is -1.80. The zero-order chi connectivity index (χ0) is 47.6. The highest BCUT2D eigenvalue weighted by atomic mass is 31.2. The Balaban J connectivity index is 4.20. The minimum Gasteiger partial charge on any atom is -0.480 e. The maximum atomic E-state index is 12.7. The lowest BCUT2D eigenvalue weighted by molar-refractivity contribution is -0.154. The summed E-state index contributed by atoms with van der Waals surface area (Å²) in [6.45, 7) is 3.73. The standard InChI is InChI=1S/C54H94NO9P/c1-3-5-7-9-11-13-15-17-19-21-23-25-27-29-31-33-35-37-39-41-43-45-47-61-48-51(49-62-65(59,60)63-50-52(55)54(57)58)64-53(56)46-44-42-40-38-36-34-32-30-28-26-24-22-20-18-16-14-12-10-8-6-4-2/h5,7,11,13,16-19,22-25,28,30,51-52H,3-4,6,8-10,12,14-15,20-21,26-27,29,31-50,55H2,1-2H3,(H,57,58)(H,59,60)/b7-5-,13-11-,18-16-,19-17-,24-22-,25-23-,30-28-. The van der Waals surface area contributed by atoms with Crippen molar-refractivity contribution in [3.8, 4) is 0 Å². The lowest BCUT2D eigenvalue weighted by Crippen LogP contribution is -2.34. The van der Waals surface area contributed by atoms with Gasteiger partial charge in [-0.15, -0.1) is 0 Å². The zero-order valence-corrected chi connectivity index (χ0v) is 42.0. The summed E-state index contributed by atoms with van der Waals surface area (Å²) >= 11 is 0. The molecule has 11 heteroatoms. The van der Waals surface area contributed by atoms with Gasteiger partial charge in [0.25, 0.3) is 0 Å². The van der Waals surface area contributed by atoms with Crippen LogP contribution < -0.4 is 5.73 Å². The molecule has 3 unspecified atom stereocenters. The molecule has 3 atom stereocenters. The van der Waals surface area contributed by atoms with Gasteiger partial charge in [-0.2, -0.15) is 0 Å². The lowest BCUT2D eigenvalue weighted by atomic mass is 10.1. The Morgan fingerprint density at radius 3 is 1.34 bits per heavy atom. The van der Waals surface area contributed by atoms with Crippen LogP contribution >= 0.6 is 7.82 Å². The molecule has 0 aromatic carbocycles. The minimum absolute atomic E-state index is 0.00266. The average molecular weight is 932 g/mol. The highest BCUT2D eigenvalue weighted by Gasteiger charge is 2.27. The van der Waals surface area contributed by atoms with E-state index in [0.29, 0.717) is 13.0 Å². The van der Waals surface area contributed by atoms with Crippen LogP contribution in [0.1, 0.15) is 206 Å². The van der Waals surface area contributed by atoms with E-state index in [0.717, 1.165) is 103 Å². The fraction of sp³-hybridized carbons (Fsp3) is 0.704. The molecule has 65 heavy (non-hydrogen) atoms. The van der Waals surface area contributed by atoms with Crippen molar-refractivity contribution < 1.29 is 42.7 Å². The van der Waals surface area contributed by atoms with Crippen molar-refractivity contribution in [3.63, 3.8) is 0 Å². The van der Waals surface area contributed by atoms with Gasteiger partial charge in [0, 0.05) is 13.0 Å². The Morgan fingerprint density at radius 2 is 0.892 bits per heavy atom. The van der Waals surface area contributed by atoms with E-state index in [9.17, 15) is 19.0 Å². The SMILES string of the molecule is CC/C=C\C/C=C\C/C=C\C/C=C\CCCCCCCCCCCOCC(COP(=O)(O)OCC(N)C(=O)O)OC(=O)CCCCCCCC/C=C\C/C=C\C/C=C\CCCCCCC. The number of esters is 1. The van der Waals surface area contributed by atoms with Crippen LogP contribution in [-0.4, -0.2) is 60.5 Å². The van der Waals surface area contributed by atoms with Crippen LogP contribution in [0, 0.1) is 0 Å². The van der Waals surface area contributed by atoms with Crippen molar-refractivity contribution in [2.24, 2.45) is 5.73 Å². The van der Waals surface area contributed by atoms with Crippen LogP contribution in [0.25, 0.3) is 0 Å². The molecule has 10 nitrogen and oxygen atoms in total. The molecule has 0 spiro atoms. The van der Waals surface area contributed by atoms with Gasteiger partial charge in [0.1, 0.15) is 12.1 Å². The fourth-order valence-electron chi connectivity index (χ4n) is 6.72. The van der Waals surface area contributed by atoms with E-state index < -0.39 is 45.1 Å². The molecule has 0 rings (SSSR count). The average Bonchev–Trinajstić information content (AvgIpc) is 3.29. The molecule has 0 aliphatic carbocycles. The number of hydrogen-bond acceptors (Lipinski definition) is 8. The van der Waals surface area contributed by atoms with Crippen LogP contribution in [0.2, 0.25) is 0 Å². The highest BCUT2D eigenvalue weighted by molar-refractivity contribution is 7.47. The topological polar surface area (TPSA) is 155 Å². The Bertz CT molecular complexity index is 1360. The number of phosphoric ester groups is 1. The smallest absolute Gasteiger partial charge is 0.472 e. The van der Waals surface area contributed by atoms with E-state index in [2.05, 4.69) is 98.9 Å². The van der Waals surface area contributed by atoms with E-state index in [1.165, 1.54) is 77.0 Å². The van der Waals surface area contributed by atoms with Crippen molar-refractivity contribution in [1.29, 1.82) is 0 Å². The molecule has 0 bridgehead atoms. The Kier molecular flexibility index (Phi) is 46.9. The number of carbonyl (C=O) groups excluding carboxylic acids is 1. The molecule has 0 aliphatic heterocycles. The van der Waals surface area contributed by atoms with Gasteiger partial charge >= 0.3 is 19.8 Å². The van der Waals surface area contributed by atoms with Crippen LogP contribution in [-0.2, 0) is 32.7 Å². The third-order valence-electron chi connectivity index (χ3n) is 10.7. The molecular weight excluding hydrogens is 838 g/mol. The number of carboxylic acid groups (broad SMARTS) is 1. The number of aliphatic carboxylic acids is 1. The van der Waals surface area contributed by atoms with Crippen molar-refractivity contribution in [3.05, 3.63) is 85.1 Å². The predicted octanol–water partition coefficient (Wildman–Crippen LogP) is 15.1. The molecule has 0 aliphatic rings. The predicted molar refractivity (Wildman–Crippen MR) is 272 cm³/mol. The van der Waals surface area contributed by atoms with Gasteiger partial charge < -0.3 is 25.2 Å². The Labute approximate surface area is 397 Å². The number of hydrogen-bond donors (Lipinski definition) is 3. The van der Waals surface area contributed by atoms with E-state index in [1.807, 2.05) is 0 Å². The van der Waals surface area contributed by atoms with Gasteiger partial charge in [-0.3, -0.25) is 18.6 Å². The van der Waals surface area contributed by atoms with E-state index in [-0.39, 0.29) is 13.0 Å². The number of phosphoric acid groups is 1. The summed E-state index contributed by atoms with van der Waals surface area (Å²) < 4.78 is 33.5. The molecule has 0 fully saturated rings. The van der Waals surface area contributed by atoms with Gasteiger partial charge in [-0.05, 0) is 89.9 Å². The summed E-state index contributed by atoms with van der Waals surface area (Å²) in [5, 5.41) is 8.93. The first-order valence-corrected chi connectivity index (χ1v) is 27.1. The molecule has 0 saturated heterocycles. The molecule has 4 N–H and O–H groups in total. The molecular formula is C54H94NO9P. The van der Waals surface area contributed by atoms with Crippen molar-refractivity contribution in [2.45, 2.75) is 219 Å². The fourth-order valence-corrected chi connectivity index (χ4v) is 7.50. The number of carbonyl (C=O) groups is 2. The first-order valence-electron chi connectivity index (χ1n) is 25.6. The largest absolute Gasteiger partial charge is 0.480 e. The molecule has 0 aromatic rings. The monoisotopic (exact) mass is 932 g/mol. The summed E-state index contributed by atoms with van der Waals surface area (Å²) in [6.07, 6.45) is 63.5. The second-order valence-corrected chi connectivity index (χ2v) is 18.4. The summed E-state index contributed by atoms with van der Waals surface area (Å²) in [4.78, 5) is 33.7. The van der Waals surface area contributed by atoms with Crippen molar-refractivity contribution in [1.82, 2.24) is 0 Å². The second-order valence-electron chi connectivity index (χ2n) is 16.9. The Morgan fingerprint density at radius 1 is 0.508 bits per heavy atom. The zero-order valence-electron chi connectivity index (χ0n) is 41.1. The third-order valence-corrected chi connectivity index (χ3v) is 11.6. The quantitative estimate of drug-likeness (QED) is 0.0232. The first kappa shape index (κ1) is 62.1. The van der Waals surface area contributed by atoms with Crippen LogP contribution in [0.3, 0.4) is 0 Å². The van der Waals surface area contributed by atoms with Crippen LogP contribution in [0.4, 0.5) is 0 Å². The van der Waals surface area contributed by atoms with E-state index in [4.69, 9.17) is 29.4 Å². The third kappa shape index (κ3) is 48.9. The van der Waals surface area contributed by atoms with Gasteiger partial charge in [0.05, 0.1) is 19.8 Å². The lowest BCUT2D eigenvalue weighted by Gasteiger charge is -2.20. The molecule has 0 saturated carbocycles. The van der Waals surface area contributed by atoms with Crippen LogP contribution in [0.15, 0.2) is 85.1 Å². The first-order chi connectivity index (χ1) is 31.7. The minimum atomic E-state index is -4.63. The van der Waals surface area contributed by atoms with Gasteiger partial charge in [0.2, 0.25) is 0 Å². The Hall–Kier alpha value is -2.85. The van der Waals surface area contributed by atoms with Crippen LogP contribution in [0.5, 0.6) is 0 Å². The maximum absolute atomic E-state index is 12.7. The number of carboxylic acids is 1. The number of unbranched alkanes of at least 4 members (excludes halogenated alkanes) is 20. The molecule has 374 valence electrons. The van der Waals surface area contributed by atoms with Gasteiger partial charge in [-0.25, -0.2) is 4.57 Å². The summed E-state index contributed by atoms with van der Waals surface area (Å²) in [5.41, 5.74) is 5.37. The summed E-state index contributed by atoms with van der Waals surface area (Å²) in [7, 11) is -4.63. The van der Waals surface area contributed by atoms with E-state index >= 15 is 0 Å². The second kappa shape index (κ2) is 49.1. The molecule has 0 aromatic heterocycles. The molecule has 0 radical (unpaired) electrons. The molecule has 0 heterocycles. The number of nitrogens with two attached hydrogens (primary N) is 1. The maximum Gasteiger partial charge on any atom is 0.472 e. The van der Waals surface area contributed by atoms with Gasteiger partial charge in [-0.1, -0.05) is 195 Å². The highest BCUT2D eigenvalue weighted by Crippen LogP contribution is 2.43. The number of ether oxygens (including phenoxy) is 2.